The largest absolute Gasteiger partial charge is 0.477 e. The number of rotatable bonds is 1. The zero-order chi connectivity index (χ0) is 5.11. The Hall–Kier alpha value is -0.240. The molecule has 1 aliphatic rings. The molecule has 40 valence electrons. The minimum absolute atomic E-state index is 0.140. The van der Waals surface area contributed by atoms with Crippen LogP contribution in [0.25, 0.3) is 0 Å². The highest BCUT2D eigenvalue weighted by Gasteiger charge is 2.08. The first kappa shape index (κ1) is 4.91. The molecule has 0 radical (unpaired) electrons. The van der Waals surface area contributed by atoms with Crippen molar-refractivity contribution < 1.29 is 4.74 Å². The molecule has 0 aliphatic carbocycles. The first-order valence-corrected chi connectivity index (χ1v) is 2.66. The van der Waals surface area contributed by atoms with E-state index in [-0.39, 0.29) is 6.10 Å². The number of aliphatic imine (C=N–C) groups is 1. The van der Waals surface area contributed by atoms with Crippen LogP contribution in [0.15, 0.2) is 4.99 Å². The molecule has 0 N–H and O–H groups in total. The van der Waals surface area contributed by atoms with E-state index in [1.54, 1.807) is 0 Å². The van der Waals surface area contributed by atoms with Gasteiger partial charge in [-0.3, -0.25) is 4.99 Å². The lowest BCUT2D eigenvalue weighted by Crippen LogP contribution is -2.10. The van der Waals surface area contributed by atoms with Gasteiger partial charge in [0.25, 0.3) is 0 Å². The molecule has 0 saturated carbocycles. The summed E-state index contributed by atoms with van der Waals surface area (Å²) in [5.74, 6) is 0.542. The van der Waals surface area contributed by atoms with Gasteiger partial charge in [-0.05, 0) is 0 Å². The van der Waals surface area contributed by atoms with Gasteiger partial charge < -0.3 is 4.74 Å². The van der Waals surface area contributed by atoms with Gasteiger partial charge in [-0.2, -0.15) is 0 Å². The molecule has 1 unspecified atom stereocenters. The van der Waals surface area contributed by atoms with Crippen LogP contribution in [-0.4, -0.2) is 24.9 Å². The Morgan fingerprint density at radius 3 is 3.14 bits per heavy atom. The highest BCUT2D eigenvalue weighted by atomic mass is 35.5. The van der Waals surface area contributed by atoms with Crippen molar-refractivity contribution in [3.05, 3.63) is 0 Å². The number of halogens is 1. The van der Waals surface area contributed by atoms with E-state index in [1.807, 2.05) is 0 Å². The van der Waals surface area contributed by atoms with Gasteiger partial charge in [0.2, 0.25) is 0 Å². The molecular weight excluding hydrogens is 114 g/mol. The summed E-state index contributed by atoms with van der Waals surface area (Å²) in [5.41, 5.74) is 0. The molecule has 2 nitrogen and oxygen atoms in total. The van der Waals surface area contributed by atoms with Gasteiger partial charge in [-0.1, -0.05) is 0 Å². The molecule has 7 heavy (non-hydrogen) atoms. The zero-order valence-electron chi connectivity index (χ0n) is 3.80. The minimum atomic E-state index is 0.140. The van der Waals surface area contributed by atoms with E-state index in [2.05, 4.69) is 4.99 Å². The van der Waals surface area contributed by atoms with Crippen LogP contribution >= 0.6 is 11.6 Å². The maximum Gasteiger partial charge on any atom is 0.170 e. The molecular formula is C4H6ClNO. The van der Waals surface area contributed by atoms with Crippen LogP contribution in [0.3, 0.4) is 0 Å². The Labute approximate surface area is 47.1 Å². The number of hydrogen-bond acceptors (Lipinski definition) is 2. The van der Waals surface area contributed by atoms with Crippen LogP contribution < -0.4 is 0 Å². The average molecular weight is 120 g/mol. The first-order chi connectivity index (χ1) is 3.43. The van der Waals surface area contributed by atoms with E-state index in [4.69, 9.17) is 16.3 Å². The fourth-order valence-electron chi connectivity index (χ4n) is 0.418. The molecule has 1 atom stereocenters. The topological polar surface area (TPSA) is 21.6 Å². The smallest absolute Gasteiger partial charge is 0.170 e. The third-order valence-corrected chi connectivity index (χ3v) is 1.15. The Bertz CT molecular complexity index is 75.8. The molecule has 1 rings (SSSR count). The molecule has 0 aromatic heterocycles. The molecule has 1 aliphatic heterocycles. The van der Waals surface area contributed by atoms with Crippen LogP contribution in [0.1, 0.15) is 0 Å². The summed E-state index contributed by atoms with van der Waals surface area (Å²) in [6, 6.07) is 0. The maximum atomic E-state index is 5.40. The number of ether oxygens (including phenoxy) is 1. The van der Waals surface area contributed by atoms with E-state index < -0.39 is 0 Å². The van der Waals surface area contributed by atoms with Gasteiger partial charge in [0, 0.05) is 0 Å². The molecule has 0 aromatic carbocycles. The summed E-state index contributed by atoms with van der Waals surface area (Å²) in [7, 11) is 0. The molecule has 0 fully saturated rings. The van der Waals surface area contributed by atoms with Gasteiger partial charge in [0.1, 0.15) is 6.10 Å². The Morgan fingerprint density at radius 1 is 2.00 bits per heavy atom. The van der Waals surface area contributed by atoms with Gasteiger partial charge >= 0.3 is 0 Å². The van der Waals surface area contributed by atoms with Crippen LogP contribution in [0, 0.1) is 0 Å². The summed E-state index contributed by atoms with van der Waals surface area (Å²) in [6.45, 7) is 0.726. The van der Waals surface area contributed by atoms with Crippen LogP contribution in [0.4, 0.5) is 0 Å². The highest BCUT2D eigenvalue weighted by Crippen LogP contribution is 1.99. The standard InChI is InChI=1S/C4H6ClNO/c5-1-4-2-6-3-7-4/h3-4H,1-2H2. The normalized spacial score (nSPS) is 27.9. The van der Waals surface area contributed by atoms with Crippen molar-refractivity contribution >= 4 is 18.0 Å². The molecule has 0 saturated heterocycles. The fraction of sp³-hybridized carbons (Fsp3) is 0.750. The van der Waals surface area contributed by atoms with E-state index in [0.717, 1.165) is 6.54 Å². The van der Waals surface area contributed by atoms with Gasteiger partial charge in [0.15, 0.2) is 6.40 Å². The van der Waals surface area contributed by atoms with Crippen molar-refractivity contribution in [1.29, 1.82) is 0 Å². The van der Waals surface area contributed by atoms with Gasteiger partial charge in [0.05, 0.1) is 12.4 Å². The van der Waals surface area contributed by atoms with E-state index in [0.29, 0.717) is 5.88 Å². The molecule has 0 bridgehead atoms. The monoisotopic (exact) mass is 119 g/mol. The molecule has 0 aromatic rings. The zero-order valence-corrected chi connectivity index (χ0v) is 4.56. The van der Waals surface area contributed by atoms with E-state index in [9.17, 15) is 0 Å². The summed E-state index contributed by atoms with van der Waals surface area (Å²) in [6.07, 6.45) is 1.59. The summed E-state index contributed by atoms with van der Waals surface area (Å²) < 4.78 is 4.88. The van der Waals surface area contributed by atoms with Crippen molar-refractivity contribution in [3.63, 3.8) is 0 Å². The lowest BCUT2D eigenvalue weighted by atomic mass is 10.4. The first-order valence-electron chi connectivity index (χ1n) is 2.13. The maximum absolute atomic E-state index is 5.40. The predicted molar refractivity (Wildman–Crippen MR) is 29.0 cm³/mol. The van der Waals surface area contributed by atoms with Crippen molar-refractivity contribution in [2.24, 2.45) is 4.99 Å². The van der Waals surface area contributed by atoms with E-state index >= 15 is 0 Å². The highest BCUT2D eigenvalue weighted by molar-refractivity contribution is 6.18. The second kappa shape index (κ2) is 2.17. The molecule has 0 amide bonds. The van der Waals surface area contributed by atoms with E-state index in [1.165, 1.54) is 6.40 Å². The number of nitrogens with zero attached hydrogens (tertiary/aromatic N) is 1. The number of alkyl halides is 1. The predicted octanol–water partition coefficient (Wildman–Crippen LogP) is 0.652. The minimum Gasteiger partial charge on any atom is -0.477 e. The summed E-state index contributed by atoms with van der Waals surface area (Å²) in [5, 5.41) is 0. The Balaban J connectivity index is 2.22. The van der Waals surface area contributed by atoms with Crippen molar-refractivity contribution in [1.82, 2.24) is 0 Å². The molecule has 1 heterocycles. The molecule has 0 spiro atoms. The van der Waals surface area contributed by atoms with Crippen LogP contribution in [0.2, 0.25) is 0 Å². The Morgan fingerprint density at radius 2 is 2.86 bits per heavy atom. The van der Waals surface area contributed by atoms with Crippen LogP contribution in [0.5, 0.6) is 0 Å². The summed E-state index contributed by atoms with van der Waals surface area (Å²) >= 11 is 5.40. The lowest BCUT2D eigenvalue weighted by Gasteiger charge is -1.99. The van der Waals surface area contributed by atoms with Crippen molar-refractivity contribution in [2.45, 2.75) is 6.10 Å². The fourth-order valence-corrected chi connectivity index (χ4v) is 0.588. The molecule has 3 heteroatoms. The van der Waals surface area contributed by atoms with Gasteiger partial charge in [-0.25, -0.2) is 0 Å². The third-order valence-electron chi connectivity index (χ3n) is 0.809. The lowest BCUT2D eigenvalue weighted by molar-refractivity contribution is 0.259. The average Bonchev–Trinajstić information content (AvgIpc) is 2.14. The summed E-state index contributed by atoms with van der Waals surface area (Å²) in [4.78, 5) is 3.80. The van der Waals surface area contributed by atoms with Crippen molar-refractivity contribution in [2.75, 3.05) is 12.4 Å². The quantitative estimate of drug-likeness (QED) is 0.465. The Kier molecular flexibility index (Phi) is 1.52. The van der Waals surface area contributed by atoms with Gasteiger partial charge in [-0.15, -0.1) is 11.6 Å². The third kappa shape index (κ3) is 1.06. The SMILES string of the molecule is ClCC1CN=CO1. The number of hydrogen-bond donors (Lipinski definition) is 0. The van der Waals surface area contributed by atoms with Crippen molar-refractivity contribution in [3.8, 4) is 0 Å². The second-order valence-electron chi connectivity index (χ2n) is 1.38. The second-order valence-corrected chi connectivity index (χ2v) is 1.69. The van der Waals surface area contributed by atoms with Crippen LogP contribution in [-0.2, 0) is 4.74 Å².